The van der Waals surface area contributed by atoms with Crippen molar-refractivity contribution in [3.05, 3.63) is 157 Å². The molecule has 402 valence electrons. The summed E-state index contributed by atoms with van der Waals surface area (Å²) in [5.41, 5.74) is 4.66. The molecule has 1 aromatic heterocycles. The number of pyridine rings is 1. The molecule has 19 heteroatoms. The summed E-state index contributed by atoms with van der Waals surface area (Å²) in [6.07, 6.45) is 0.800. The van der Waals surface area contributed by atoms with E-state index in [1.165, 1.54) is 35.2 Å². The van der Waals surface area contributed by atoms with E-state index in [0.717, 1.165) is 27.8 Å². The van der Waals surface area contributed by atoms with Crippen LogP contribution in [-0.2, 0) is 33.5 Å². The molecule has 0 bridgehead atoms. The van der Waals surface area contributed by atoms with E-state index < -0.39 is 37.1 Å². The minimum atomic E-state index is -2.33. The predicted octanol–water partition coefficient (Wildman–Crippen LogP) is 12.4. The van der Waals surface area contributed by atoms with Gasteiger partial charge in [-0.05, 0) is 122 Å². The Labute approximate surface area is 448 Å². The topological polar surface area (TPSA) is 235 Å². The minimum Gasteiger partial charge on any atom is -0.506 e. The number of amides is 3. The van der Waals surface area contributed by atoms with Crippen molar-refractivity contribution in [2.45, 2.75) is 122 Å². The summed E-state index contributed by atoms with van der Waals surface area (Å²) < 4.78 is 18.1. The van der Waals surface area contributed by atoms with Gasteiger partial charge in [0.25, 0.3) is 5.69 Å². The van der Waals surface area contributed by atoms with Gasteiger partial charge in [-0.25, -0.2) is 9.59 Å². The number of rotatable bonds is 20. The fourth-order valence-corrected chi connectivity index (χ4v) is 10.9. The highest BCUT2D eigenvalue weighted by atomic mass is 35.5. The van der Waals surface area contributed by atoms with E-state index in [1.807, 2.05) is 61.5 Å². The van der Waals surface area contributed by atoms with Gasteiger partial charge in [-0.3, -0.25) is 24.6 Å². The van der Waals surface area contributed by atoms with Crippen LogP contribution < -0.4 is 31.1 Å². The number of nitrogens with zero attached hydrogens (tertiary/aromatic N) is 2. The summed E-state index contributed by atoms with van der Waals surface area (Å²) in [6, 6.07) is 30.8. The number of nitrogens with one attached hydrogen (secondary N) is 4. The molecule has 6 N–H and O–H groups in total. The zero-order valence-electron chi connectivity index (χ0n) is 44.0. The van der Waals surface area contributed by atoms with Crippen molar-refractivity contribution in [2.24, 2.45) is 0 Å². The molecule has 1 aliphatic rings. The molecule has 5 aromatic carbocycles. The van der Waals surface area contributed by atoms with Crippen LogP contribution in [0.3, 0.4) is 0 Å². The van der Waals surface area contributed by atoms with Crippen LogP contribution in [0.1, 0.15) is 94.6 Å². The third kappa shape index (κ3) is 13.8. The third-order valence-corrected chi connectivity index (χ3v) is 19.5. The molecule has 17 nitrogen and oxygen atoms in total. The Balaban J connectivity index is 0.986. The summed E-state index contributed by atoms with van der Waals surface area (Å²) in [4.78, 5) is 66.6. The quantitative estimate of drug-likeness (QED) is 0.0238. The van der Waals surface area contributed by atoms with Crippen molar-refractivity contribution in [3.8, 4) is 22.6 Å². The van der Waals surface area contributed by atoms with Gasteiger partial charge in [0.1, 0.15) is 18.1 Å². The summed E-state index contributed by atoms with van der Waals surface area (Å²) in [6.45, 7) is 13.4. The van der Waals surface area contributed by atoms with Gasteiger partial charge >= 0.3 is 12.2 Å². The monoisotopic (exact) mass is 1070 g/mol. The Morgan fingerprint density at radius 1 is 0.961 bits per heavy atom. The molecule has 1 aliphatic carbocycles. The van der Waals surface area contributed by atoms with E-state index in [4.69, 9.17) is 25.5 Å². The van der Waals surface area contributed by atoms with Gasteiger partial charge in [0.2, 0.25) is 11.5 Å². The molecule has 6 aromatic rings. The second kappa shape index (κ2) is 24.2. The molecule has 0 aliphatic heterocycles. The zero-order chi connectivity index (χ0) is 55.0. The Bertz CT molecular complexity index is 3120. The van der Waals surface area contributed by atoms with Crippen molar-refractivity contribution in [2.75, 3.05) is 23.9 Å². The largest absolute Gasteiger partial charge is 0.506 e. The van der Waals surface area contributed by atoms with Crippen LogP contribution in [0.5, 0.6) is 11.5 Å². The van der Waals surface area contributed by atoms with Crippen LogP contribution >= 0.6 is 11.6 Å². The van der Waals surface area contributed by atoms with E-state index in [1.54, 1.807) is 31.4 Å². The van der Waals surface area contributed by atoms with E-state index in [2.05, 4.69) is 54.8 Å². The smallest absolute Gasteiger partial charge is 0.412 e. The van der Waals surface area contributed by atoms with Crippen molar-refractivity contribution < 1.29 is 43.4 Å². The van der Waals surface area contributed by atoms with Gasteiger partial charge in [-0.1, -0.05) is 80.9 Å². The number of aromatic amines is 1. The van der Waals surface area contributed by atoms with Gasteiger partial charge in [0.15, 0.2) is 8.32 Å². The second-order valence-electron chi connectivity index (χ2n) is 21.1. The summed E-state index contributed by atoms with van der Waals surface area (Å²) >= 11 is 6.83. The molecule has 1 saturated carbocycles. The number of nitro groups is 1. The van der Waals surface area contributed by atoms with Gasteiger partial charge in [0, 0.05) is 71.9 Å². The number of methoxy groups -OCH3 is 1. The number of non-ortho nitro benzene ring substituents is 1. The molecular formula is C57H67ClN6O11Si. The third-order valence-electron chi connectivity index (χ3n) is 14.7. The number of carbonyl (C=O) groups excluding carboxylic acids is 2. The Morgan fingerprint density at radius 2 is 1.66 bits per heavy atom. The maximum absolute atomic E-state index is 13.5. The molecule has 1 atom stereocenters. The number of halogens is 1. The number of carboxylic acid groups (broad SMARTS) is 1. The van der Waals surface area contributed by atoms with Crippen LogP contribution in [0.25, 0.3) is 22.0 Å². The van der Waals surface area contributed by atoms with Gasteiger partial charge < -0.3 is 45.0 Å². The van der Waals surface area contributed by atoms with Gasteiger partial charge in [0.05, 0.1) is 40.1 Å². The van der Waals surface area contributed by atoms with Gasteiger partial charge in [-0.2, -0.15) is 0 Å². The first kappa shape index (κ1) is 56.5. The molecule has 0 saturated heterocycles. The standard InChI is InChI=1S/C57H67ClN6O11Si/c1-56(2,3)76(6,7)75-50(43-22-24-48(65)53-44(43)23-25-52(67)62-53)34-59-33-39-31-45(58)46(32-49(39)73-5)61-51(66)15-11-12-36-18-21-42(38-13-9-8-10-14-38)47(30-36)63(55(69)70)57(4)28-26-40(27-29-57)60-54(68)74-35-37-16-19-41(20-17-37)64(71)72/h8-10,13-14,16-25,30-32,40,50,59,65H,11-12,15,26-29,33-35H2,1-7H3,(H,60,68)(H,61,66)(H,62,67)(H,69,70)/t40?,50-,57?/m0/s1. The molecule has 1 heterocycles. The summed E-state index contributed by atoms with van der Waals surface area (Å²) in [5, 5.41) is 42.8. The number of anilines is 2. The lowest BCUT2D eigenvalue weighted by Crippen LogP contribution is -2.54. The first-order valence-corrected chi connectivity index (χ1v) is 28.6. The zero-order valence-corrected chi connectivity index (χ0v) is 45.7. The van der Waals surface area contributed by atoms with E-state index >= 15 is 0 Å². The van der Waals surface area contributed by atoms with Crippen LogP contribution in [0.4, 0.5) is 26.7 Å². The number of nitro benzene ring substituents is 1. The number of fused-ring (bicyclic) bond motifs is 1. The lowest BCUT2D eigenvalue weighted by molar-refractivity contribution is -0.384. The summed E-state index contributed by atoms with van der Waals surface area (Å²) in [7, 11) is -0.784. The van der Waals surface area contributed by atoms with Crippen molar-refractivity contribution in [1.29, 1.82) is 0 Å². The van der Waals surface area contributed by atoms with Crippen LogP contribution in [0, 0.1) is 10.1 Å². The molecule has 7 rings (SSSR count). The Kier molecular flexibility index (Phi) is 18.0. The van der Waals surface area contributed by atoms with Gasteiger partial charge in [-0.15, -0.1) is 0 Å². The highest BCUT2D eigenvalue weighted by molar-refractivity contribution is 6.74. The van der Waals surface area contributed by atoms with Crippen molar-refractivity contribution >= 4 is 66.0 Å². The Hall–Kier alpha value is -7.25. The number of carbonyl (C=O) groups is 3. The number of hydrogen-bond donors (Lipinski definition) is 6. The molecule has 0 spiro atoms. The fourth-order valence-electron chi connectivity index (χ4n) is 9.39. The molecule has 0 unspecified atom stereocenters. The lowest BCUT2D eigenvalue weighted by atomic mass is 9.79. The molecule has 0 radical (unpaired) electrons. The number of alkyl carbamates (subject to hydrolysis) is 1. The highest BCUT2D eigenvalue weighted by Crippen LogP contribution is 2.43. The number of benzene rings is 5. The predicted molar refractivity (Wildman–Crippen MR) is 298 cm³/mol. The minimum absolute atomic E-state index is 0.0313. The van der Waals surface area contributed by atoms with E-state index in [-0.39, 0.29) is 47.0 Å². The number of aromatic hydroxyl groups is 1. The van der Waals surface area contributed by atoms with Crippen molar-refractivity contribution in [1.82, 2.24) is 15.6 Å². The van der Waals surface area contributed by atoms with Crippen LogP contribution in [-0.4, -0.2) is 71.8 Å². The number of hydrogen-bond acceptors (Lipinski definition) is 11. The molecular weight excluding hydrogens is 1010 g/mol. The maximum Gasteiger partial charge on any atom is 0.412 e. The average Bonchev–Trinajstić information content (AvgIpc) is 3.38. The molecule has 3 amide bonds. The van der Waals surface area contributed by atoms with Crippen LogP contribution in [0.2, 0.25) is 23.2 Å². The first-order chi connectivity index (χ1) is 36.0. The number of H-pyrrole nitrogens is 1. The van der Waals surface area contributed by atoms with E-state index in [9.17, 15) is 39.5 Å². The second-order valence-corrected chi connectivity index (χ2v) is 26.2. The lowest BCUT2D eigenvalue weighted by Gasteiger charge is -2.45. The summed E-state index contributed by atoms with van der Waals surface area (Å²) in [5.74, 6) is 0.217. The number of aryl methyl sites for hydroxylation is 1. The molecule has 1 fully saturated rings. The SMILES string of the molecule is COc1cc(NC(=O)CCCc2ccc(-c3ccccc3)c(N(C(=O)O)C3(C)CCC(NC(=O)OCc4ccc([N+](=O)[O-])cc4)CC3)c2)c(Cl)cc1CNC[C@H](O[Si](C)(C)C(C)(C)C)c1ccc(O)c2[nH]c(=O)ccc12. The van der Waals surface area contributed by atoms with Crippen LogP contribution in [0.15, 0.2) is 114 Å². The molecule has 76 heavy (non-hydrogen) atoms. The normalized spacial score (nSPS) is 16.1. The first-order valence-electron chi connectivity index (χ1n) is 25.3. The van der Waals surface area contributed by atoms with Crippen molar-refractivity contribution in [3.63, 3.8) is 0 Å². The number of phenols is 1. The van der Waals surface area contributed by atoms with E-state index in [0.29, 0.717) is 90.2 Å². The maximum atomic E-state index is 13.5. The number of aromatic nitrogens is 1. The highest BCUT2D eigenvalue weighted by Gasteiger charge is 2.42. The number of phenolic OH excluding ortho intramolecular Hbond substituents is 1. The fraction of sp³-hybridized carbons (Fsp3) is 0.368. The average molecular weight is 1080 g/mol. The number of ether oxygens (including phenoxy) is 2. The Morgan fingerprint density at radius 3 is 2.32 bits per heavy atom.